The zero-order valence-electron chi connectivity index (χ0n) is 19.1. The number of hydrogen-bond acceptors (Lipinski definition) is 4. The van der Waals surface area contributed by atoms with Crippen LogP contribution in [0.5, 0.6) is 0 Å². The number of imidazole rings is 1. The van der Waals surface area contributed by atoms with Crippen LogP contribution in [-0.2, 0) is 13.5 Å². The highest BCUT2D eigenvalue weighted by molar-refractivity contribution is 5.81. The molecule has 1 aliphatic rings. The van der Waals surface area contributed by atoms with E-state index in [1.807, 2.05) is 6.92 Å². The molecule has 0 unspecified atom stereocenters. The van der Waals surface area contributed by atoms with Gasteiger partial charge in [0.1, 0.15) is 5.82 Å². The Hall–Kier alpha value is -4.19. The molecule has 0 amide bonds. The SMILES string of the molecule is C[C@@H]1NCCc2nn(-c3cc(F)c(F)c(F)c3)c(-n3ccn(-c4ccc5c(cnn5C)c4F)c3=O)c21. The third-order valence-corrected chi connectivity index (χ3v) is 6.54. The van der Waals surface area contributed by atoms with Gasteiger partial charge in [0.25, 0.3) is 0 Å². The molecule has 0 radical (unpaired) electrons. The Balaban J connectivity index is 1.59. The molecule has 1 aliphatic heterocycles. The van der Waals surface area contributed by atoms with E-state index in [0.29, 0.717) is 29.7 Å². The second-order valence-electron chi connectivity index (χ2n) is 8.67. The van der Waals surface area contributed by atoms with Gasteiger partial charge in [-0.3, -0.25) is 13.8 Å². The Morgan fingerprint density at radius 1 is 1.03 bits per heavy atom. The van der Waals surface area contributed by atoms with E-state index in [1.54, 1.807) is 13.1 Å². The maximum Gasteiger partial charge on any atom is 0.338 e. The molecule has 3 aromatic heterocycles. The predicted molar refractivity (Wildman–Crippen MR) is 123 cm³/mol. The monoisotopic (exact) mass is 497 g/mol. The number of halogens is 4. The number of fused-ring (bicyclic) bond motifs is 2. The number of nitrogens with one attached hydrogen (secondary N) is 1. The van der Waals surface area contributed by atoms with Crippen LogP contribution in [0.1, 0.15) is 24.2 Å². The van der Waals surface area contributed by atoms with Gasteiger partial charge < -0.3 is 5.32 Å². The summed E-state index contributed by atoms with van der Waals surface area (Å²) in [5.74, 6) is -4.76. The van der Waals surface area contributed by atoms with E-state index in [9.17, 15) is 18.0 Å². The van der Waals surface area contributed by atoms with Crippen molar-refractivity contribution in [3.05, 3.63) is 87.9 Å². The molecule has 12 heteroatoms. The fraction of sp³-hybridized carbons (Fsp3) is 0.208. The van der Waals surface area contributed by atoms with Gasteiger partial charge in [-0.05, 0) is 19.1 Å². The van der Waals surface area contributed by atoms with Crippen molar-refractivity contribution >= 4 is 10.9 Å². The summed E-state index contributed by atoms with van der Waals surface area (Å²) in [6, 6.07) is 4.53. The van der Waals surface area contributed by atoms with Gasteiger partial charge >= 0.3 is 5.69 Å². The lowest BCUT2D eigenvalue weighted by Gasteiger charge is -2.21. The lowest BCUT2D eigenvalue weighted by molar-refractivity contribution is 0.446. The Kier molecular flexibility index (Phi) is 4.90. The zero-order valence-corrected chi connectivity index (χ0v) is 19.1. The summed E-state index contributed by atoms with van der Waals surface area (Å²) >= 11 is 0. The van der Waals surface area contributed by atoms with Gasteiger partial charge in [-0.2, -0.15) is 10.2 Å². The van der Waals surface area contributed by atoms with Crippen LogP contribution in [0.2, 0.25) is 0 Å². The summed E-state index contributed by atoms with van der Waals surface area (Å²) < 4.78 is 62.3. The molecular formula is C24H19F4N7O. The second kappa shape index (κ2) is 7.92. The molecule has 8 nitrogen and oxygen atoms in total. The van der Waals surface area contributed by atoms with Gasteiger partial charge in [0.15, 0.2) is 23.3 Å². The number of nitrogens with zero attached hydrogens (tertiary/aromatic N) is 6. The van der Waals surface area contributed by atoms with Crippen LogP contribution in [0.25, 0.3) is 28.1 Å². The number of aryl methyl sites for hydroxylation is 1. The van der Waals surface area contributed by atoms with E-state index in [0.717, 1.165) is 16.7 Å². The third kappa shape index (κ3) is 3.14. The van der Waals surface area contributed by atoms with Gasteiger partial charge in [0.2, 0.25) is 0 Å². The van der Waals surface area contributed by atoms with Gasteiger partial charge in [0, 0.05) is 56.1 Å². The van der Waals surface area contributed by atoms with Crippen molar-refractivity contribution < 1.29 is 17.6 Å². The van der Waals surface area contributed by atoms with Crippen molar-refractivity contribution in [1.29, 1.82) is 0 Å². The van der Waals surface area contributed by atoms with E-state index in [-0.39, 0.29) is 28.6 Å². The summed E-state index contributed by atoms with van der Waals surface area (Å²) in [6.07, 6.45) is 4.72. The minimum Gasteiger partial charge on any atom is -0.310 e. The molecule has 2 aromatic carbocycles. The number of aromatic nitrogens is 6. The van der Waals surface area contributed by atoms with Crippen molar-refractivity contribution in [3.8, 4) is 17.2 Å². The molecule has 0 saturated heterocycles. The van der Waals surface area contributed by atoms with Gasteiger partial charge in [-0.15, -0.1) is 0 Å². The molecule has 36 heavy (non-hydrogen) atoms. The molecule has 0 spiro atoms. The lowest BCUT2D eigenvalue weighted by atomic mass is 10.0. The van der Waals surface area contributed by atoms with Crippen LogP contribution >= 0.6 is 0 Å². The number of hydrogen-bond donors (Lipinski definition) is 1. The minimum absolute atomic E-state index is 0.0178. The fourth-order valence-corrected chi connectivity index (χ4v) is 4.77. The van der Waals surface area contributed by atoms with Crippen molar-refractivity contribution in [2.45, 2.75) is 19.4 Å². The summed E-state index contributed by atoms with van der Waals surface area (Å²) in [5.41, 5.74) is 1.14. The van der Waals surface area contributed by atoms with E-state index in [4.69, 9.17) is 0 Å². The zero-order chi connectivity index (χ0) is 25.3. The molecule has 6 rings (SSSR count). The van der Waals surface area contributed by atoms with E-state index in [2.05, 4.69) is 15.5 Å². The molecule has 0 fully saturated rings. The summed E-state index contributed by atoms with van der Waals surface area (Å²) in [5, 5.41) is 12.1. The highest BCUT2D eigenvalue weighted by atomic mass is 19.2. The van der Waals surface area contributed by atoms with E-state index in [1.165, 1.54) is 38.6 Å². The van der Waals surface area contributed by atoms with Crippen LogP contribution in [0.3, 0.4) is 0 Å². The van der Waals surface area contributed by atoms with Crippen molar-refractivity contribution in [1.82, 2.24) is 34.0 Å². The third-order valence-electron chi connectivity index (χ3n) is 6.54. The highest BCUT2D eigenvalue weighted by Gasteiger charge is 2.29. The van der Waals surface area contributed by atoms with E-state index < -0.39 is 29.0 Å². The Bertz CT molecular complexity index is 1710. The molecule has 5 aromatic rings. The first kappa shape index (κ1) is 22.3. The Morgan fingerprint density at radius 3 is 2.50 bits per heavy atom. The van der Waals surface area contributed by atoms with Gasteiger partial charge in [-0.1, -0.05) is 0 Å². The van der Waals surface area contributed by atoms with Crippen molar-refractivity contribution in [2.24, 2.45) is 7.05 Å². The maximum absolute atomic E-state index is 15.3. The molecular weight excluding hydrogens is 478 g/mol. The Morgan fingerprint density at radius 2 is 1.75 bits per heavy atom. The molecule has 1 atom stereocenters. The van der Waals surface area contributed by atoms with Crippen molar-refractivity contribution in [2.75, 3.05) is 6.54 Å². The maximum atomic E-state index is 15.3. The van der Waals surface area contributed by atoms with Crippen LogP contribution in [0, 0.1) is 23.3 Å². The van der Waals surface area contributed by atoms with Gasteiger partial charge in [0.05, 0.1) is 34.2 Å². The quantitative estimate of drug-likeness (QED) is 0.306. The topological polar surface area (TPSA) is 74.6 Å². The molecule has 0 aliphatic carbocycles. The first-order chi connectivity index (χ1) is 17.3. The largest absolute Gasteiger partial charge is 0.338 e. The fourth-order valence-electron chi connectivity index (χ4n) is 4.77. The van der Waals surface area contributed by atoms with E-state index >= 15 is 4.39 Å². The minimum atomic E-state index is -1.60. The molecule has 184 valence electrons. The van der Waals surface area contributed by atoms with Gasteiger partial charge in [-0.25, -0.2) is 27.0 Å². The predicted octanol–water partition coefficient (Wildman–Crippen LogP) is 3.46. The standard InChI is InChI=1S/C24H19F4N7O/c1-12-20-17(5-6-29-12)31-35(13-9-15(25)22(28)16(26)10-13)23(20)34-8-7-33(24(34)36)19-4-3-18-14(21(19)27)11-30-32(18)2/h3-4,7-12,29H,5-6H2,1-2H3/t12-/m0/s1. The first-order valence-electron chi connectivity index (χ1n) is 11.2. The molecule has 0 saturated carbocycles. The molecule has 0 bridgehead atoms. The summed E-state index contributed by atoms with van der Waals surface area (Å²) in [7, 11) is 1.69. The average Bonchev–Trinajstić information content (AvgIpc) is 3.53. The lowest BCUT2D eigenvalue weighted by Crippen LogP contribution is -2.30. The van der Waals surface area contributed by atoms with Crippen molar-refractivity contribution in [3.63, 3.8) is 0 Å². The van der Waals surface area contributed by atoms with Crippen LogP contribution in [-0.4, -0.2) is 35.2 Å². The Labute approximate surface area is 201 Å². The second-order valence-corrected chi connectivity index (χ2v) is 8.67. The van der Waals surface area contributed by atoms with Crippen LogP contribution in [0.15, 0.2) is 47.7 Å². The molecule has 4 heterocycles. The normalized spacial score (nSPS) is 15.6. The smallest absolute Gasteiger partial charge is 0.310 e. The highest BCUT2D eigenvalue weighted by Crippen LogP contribution is 2.31. The number of benzene rings is 2. The summed E-state index contributed by atoms with van der Waals surface area (Å²) in [4.78, 5) is 13.6. The van der Waals surface area contributed by atoms with Crippen LogP contribution < -0.4 is 11.0 Å². The average molecular weight is 497 g/mol. The molecule has 1 N–H and O–H groups in total. The summed E-state index contributed by atoms with van der Waals surface area (Å²) in [6.45, 7) is 2.49. The van der Waals surface area contributed by atoms with Crippen LogP contribution in [0.4, 0.5) is 17.6 Å². The number of rotatable bonds is 3. The first-order valence-corrected chi connectivity index (χ1v) is 11.2.